The summed E-state index contributed by atoms with van der Waals surface area (Å²) in [5, 5.41) is 13.0. The number of carbonyl (C=O) groups excluding carboxylic acids is 1. The monoisotopic (exact) mass is 296 g/mol. The van der Waals surface area contributed by atoms with E-state index in [0.29, 0.717) is 16.4 Å². The highest BCUT2D eigenvalue weighted by Gasteiger charge is 2.29. The van der Waals surface area contributed by atoms with Gasteiger partial charge in [-0.1, -0.05) is 16.8 Å². The molecule has 0 bridgehead atoms. The molecule has 2 N–H and O–H groups in total. The number of hydrogen-bond acceptors (Lipinski definition) is 5. The quantitative estimate of drug-likeness (QED) is 0.912. The van der Waals surface area contributed by atoms with Crippen molar-refractivity contribution in [3.63, 3.8) is 0 Å². The average molecular weight is 297 g/mol. The third-order valence-electron chi connectivity index (χ3n) is 2.58. The second kappa shape index (κ2) is 5.02. The maximum Gasteiger partial charge on any atom is 0.268 e. The minimum Gasteiger partial charge on any atom is -0.382 e. The van der Waals surface area contributed by atoms with Gasteiger partial charge in [-0.3, -0.25) is 9.89 Å². The summed E-state index contributed by atoms with van der Waals surface area (Å²) in [4.78, 5) is 18.0. The zero-order valence-electron chi connectivity index (χ0n) is 9.59. The molecule has 3 heterocycles. The highest BCUT2D eigenvalue weighted by atomic mass is 35.5. The molecule has 1 atom stereocenters. The summed E-state index contributed by atoms with van der Waals surface area (Å²) < 4.78 is 0.684. The van der Waals surface area contributed by atoms with Crippen LogP contribution in [0.3, 0.4) is 0 Å². The summed E-state index contributed by atoms with van der Waals surface area (Å²) in [5.74, 6) is -0.247. The van der Waals surface area contributed by atoms with Gasteiger partial charge in [0.2, 0.25) is 6.10 Å². The van der Waals surface area contributed by atoms with E-state index in [1.807, 2.05) is 6.07 Å². The minimum absolute atomic E-state index is 0.247. The first-order valence-corrected chi connectivity index (χ1v) is 6.70. The summed E-state index contributed by atoms with van der Waals surface area (Å²) in [5.41, 5.74) is 1.34. The van der Waals surface area contributed by atoms with Crippen LogP contribution in [0, 0.1) is 0 Å². The Morgan fingerprint density at radius 3 is 3.16 bits per heavy atom. The molecular formula is C11H9ClN4O2S. The number of rotatable bonds is 3. The zero-order valence-corrected chi connectivity index (χ0v) is 11.2. The lowest BCUT2D eigenvalue weighted by Crippen LogP contribution is -2.27. The predicted octanol–water partition coefficient (Wildman–Crippen LogP) is 2.26. The van der Waals surface area contributed by atoms with E-state index < -0.39 is 6.10 Å². The maximum atomic E-state index is 11.9. The molecule has 2 aromatic rings. The molecule has 1 aliphatic heterocycles. The molecule has 0 saturated carbocycles. The third-order valence-corrected chi connectivity index (χ3v) is 3.86. The first-order valence-electron chi connectivity index (χ1n) is 5.50. The van der Waals surface area contributed by atoms with Crippen molar-refractivity contribution in [1.82, 2.24) is 10.2 Å². The SMILES string of the molecule is O=C(Nc1cn[nH]c1)C1CC(c2ccc(Cl)s2)=NO1. The summed E-state index contributed by atoms with van der Waals surface area (Å²) in [6.07, 6.45) is 2.92. The number of nitrogens with zero attached hydrogens (tertiary/aromatic N) is 2. The number of anilines is 1. The van der Waals surface area contributed by atoms with E-state index in [4.69, 9.17) is 16.4 Å². The number of amides is 1. The maximum absolute atomic E-state index is 11.9. The Bertz CT molecular complexity index is 622. The number of nitrogens with one attached hydrogen (secondary N) is 2. The average Bonchev–Trinajstić information content (AvgIpc) is 3.07. The van der Waals surface area contributed by atoms with Crippen molar-refractivity contribution in [3.8, 4) is 0 Å². The molecule has 3 rings (SSSR count). The fourth-order valence-corrected chi connectivity index (χ4v) is 2.71. The van der Waals surface area contributed by atoms with Crippen LogP contribution in [0.25, 0.3) is 0 Å². The van der Waals surface area contributed by atoms with Gasteiger partial charge in [0.05, 0.1) is 21.1 Å². The zero-order chi connectivity index (χ0) is 13.2. The van der Waals surface area contributed by atoms with Gasteiger partial charge in [-0.25, -0.2) is 0 Å². The van der Waals surface area contributed by atoms with Crippen LogP contribution < -0.4 is 5.32 Å². The van der Waals surface area contributed by atoms with Crippen LogP contribution in [-0.2, 0) is 9.63 Å². The number of aromatic nitrogens is 2. The molecular weight excluding hydrogens is 288 g/mol. The smallest absolute Gasteiger partial charge is 0.268 e. The number of thiophene rings is 1. The van der Waals surface area contributed by atoms with Crippen molar-refractivity contribution in [2.24, 2.45) is 5.16 Å². The molecule has 1 unspecified atom stereocenters. The summed E-state index contributed by atoms with van der Waals surface area (Å²) in [7, 11) is 0. The molecule has 0 fully saturated rings. The normalized spacial score (nSPS) is 17.9. The highest BCUT2D eigenvalue weighted by Crippen LogP contribution is 2.26. The van der Waals surface area contributed by atoms with E-state index in [-0.39, 0.29) is 5.91 Å². The Morgan fingerprint density at radius 2 is 2.47 bits per heavy atom. The van der Waals surface area contributed by atoms with E-state index in [9.17, 15) is 4.79 Å². The van der Waals surface area contributed by atoms with Gasteiger partial charge in [0.25, 0.3) is 5.91 Å². The van der Waals surface area contributed by atoms with Crippen LogP contribution in [0.15, 0.2) is 29.7 Å². The van der Waals surface area contributed by atoms with Crippen molar-refractivity contribution in [1.29, 1.82) is 0 Å². The van der Waals surface area contributed by atoms with Gasteiger partial charge in [-0.05, 0) is 12.1 Å². The largest absolute Gasteiger partial charge is 0.382 e. The Hall–Kier alpha value is -1.86. The summed E-state index contributed by atoms with van der Waals surface area (Å²) in [6.45, 7) is 0. The van der Waals surface area contributed by atoms with Crippen LogP contribution in [0.1, 0.15) is 11.3 Å². The van der Waals surface area contributed by atoms with Crippen molar-refractivity contribution in [3.05, 3.63) is 33.7 Å². The van der Waals surface area contributed by atoms with Crippen molar-refractivity contribution in [2.75, 3.05) is 5.32 Å². The van der Waals surface area contributed by atoms with Gasteiger partial charge >= 0.3 is 0 Å². The van der Waals surface area contributed by atoms with Gasteiger partial charge in [-0.15, -0.1) is 11.3 Å². The van der Waals surface area contributed by atoms with Gasteiger partial charge in [-0.2, -0.15) is 5.10 Å². The summed E-state index contributed by atoms with van der Waals surface area (Å²) >= 11 is 7.28. The van der Waals surface area contributed by atoms with E-state index in [1.165, 1.54) is 17.5 Å². The molecule has 0 aliphatic carbocycles. The fraction of sp³-hybridized carbons (Fsp3) is 0.182. The fourth-order valence-electron chi connectivity index (χ4n) is 1.67. The van der Waals surface area contributed by atoms with E-state index in [0.717, 1.165) is 10.6 Å². The molecule has 1 aliphatic rings. The number of H-pyrrole nitrogens is 1. The van der Waals surface area contributed by atoms with Crippen LogP contribution in [-0.4, -0.2) is 27.9 Å². The van der Waals surface area contributed by atoms with E-state index in [1.54, 1.807) is 12.3 Å². The molecule has 1 amide bonds. The van der Waals surface area contributed by atoms with Crippen LogP contribution in [0.5, 0.6) is 0 Å². The predicted molar refractivity (Wildman–Crippen MR) is 72.6 cm³/mol. The number of hydrogen-bond donors (Lipinski definition) is 2. The third kappa shape index (κ3) is 2.61. The van der Waals surface area contributed by atoms with Gasteiger partial charge in [0.15, 0.2) is 0 Å². The lowest BCUT2D eigenvalue weighted by molar-refractivity contribution is -0.125. The first kappa shape index (κ1) is 12.2. The second-order valence-corrected chi connectivity index (χ2v) is 5.63. The van der Waals surface area contributed by atoms with Gasteiger partial charge < -0.3 is 10.2 Å². The standard InChI is InChI=1S/C11H9ClN4O2S/c12-10-2-1-9(19-10)7-3-8(18-16-7)11(17)15-6-4-13-14-5-6/h1-2,4-5,8H,3H2,(H,13,14)(H,15,17). The molecule has 98 valence electrons. The van der Waals surface area contributed by atoms with Gasteiger partial charge in [0, 0.05) is 12.6 Å². The molecule has 8 heteroatoms. The van der Waals surface area contributed by atoms with Gasteiger partial charge in [0.1, 0.15) is 5.71 Å². The molecule has 6 nitrogen and oxygen atoms in total. The Morgan fingerprint density at radius 1 is 1.58 bits per heavy atom. The number of oxime groups is 1. The topological polar surface area (TPSA) is 79.4 Å². The van der Waals surface area contributed by atoms with Crippen molar-refractivity contribution >= 4 is 40.2 Å². The Balaban J connectivity index is 1.63. The molecule has 19 heavy (non-hydrogen) atoms. The number of carbonyl (C=O) groups is 1. The van der Waals surface area contributed by atoms with Crippen LogP contribution in [0.2, 0.25) is 4.34 Å². The second-order valence-electron chi connectivity index (χ2n) is 3.92. The lowest BCUT2D eigenvalue weighted by atomic mass is 10.1. The molecule has 0 saturated heterocycles. The summed E-state index contributed by atoms with van der Waals surface area (Å²) in [6, 6.07) is 3.66. The first-order chi connectivity index (χ1) is 9.22. The Kier molecular flexibility index (Phi) is 3.22. The van der Waals surface area contributed by atoms with Crippen molar-refractivity contribution in [2.45, 2.75) is 12.5 Å². The molecule has 0 aromatic carbocycles. The molecule has 2 aromatic heterocycles. The Labute approximate surface area is 117 Å². The van der Waals surface area contributed by atoms with Crippen LogP contribution >= 0.6 is 22.9 Å². The van der Waals surface area contributed by atoms with Crippen LogP contribution in [0.4, 0.5) is 5.69 Å². The number of halogens is 1. The lowest BCUT2D eigenvalue weighted by Gasteiger charge is -2.07. The minimum atomic E-state index is -0.620. The van der Waals surface area contributed by atoms with Crippen molar-refractivity contribution < 1.29 is 9.63 Å². The molecule has 0 radical (unpaired) electrons. The van der Waals surface area contributed by atoms with E-state index in [2.05, 4.69) is 20.7 Å². The van der Waals surface area contributed by atoms with E-state index >= 15 is 0 Å². The number of aromatic amines is 1. The molecule has 0 spiro atoms. The highest BCUT2D eigenvalue weighted by molar-refractivity contribution is 7.18.